The molecule has 2 amide bonds. The van der Waals surface area contributed by atoms with E-state index in [-0.39, 0.29) is 11.9 Å². The average Bonchev–Trinajstić information content (AvgIpc) is 1.64. The Balaban J connectivity index is 3.98. The lowest BCUT2D eigenvalue weighted by Gasteiger charge is -2.16. The lowest BCUT2D eigenvalue weighted by Crippen LogP contribution is -2.33. The molecule has 0 aromatic carbocycles. The van der Waals surface area contributed by atoms with Gasteiger partial charge in [-0.3, -0.25) is 14.5 Å². The fourth-order valence-corrected chi connectivity index (χ4v) is 0.560. The van der Waals surface area contributed by atoms with Crippen LogP contribution < -0.4 is 0 Å². The molecule has 0 aliphatic carbocycles. The normalized spacial score (nSPS) is 9.33. The van der Waals surface area contributed by atoms with Gasteiger partial charge in [-0.05, 0) is 13.8 Å². The van der Waals surface area contributed by atoms with Crippen molar-refractivity contribution in [3.8, 4) is 0 Å². The first kappa shape index (κ1) is 8.14. The van der Waals surface area contributed by atoms with E-state index in [9.17, 15) is 9.59 Å². The Labute approximate surface area is 54.6 Å². The van der Waals surface area contributed by atoms with Crippen LogP contribution in [0, 0.1) is 0 Å². The summed E-state index contributed by atoms with van der Waals surface area (Å²) in [6.07, 6.45) is 0.549. The van der Waals surface area contributed by atoms with Crippen LogP contribution in [-0.4, -0.2) is 23.3 Å². The first-order valence-electron chi connectivity index (χ1n) is 2.83. The quantitative estimate of drug-likeness (QED) is 0.506. The number of amides is 2. The second-order valence-corrected chi connectivity index (χ2v) is 2.13. The van der Waals surface area contributed by atoms with Crippen LogP contribution in [0.5, 0.6) is 0 Å². The fraction of sp³-hybridized carbons (Fsp3) is 0.667. The van der Waals surface area contributed by atoms with Crippen LogP contribution in [0.25, 0.3) is 0 Å². The van der Waals surface area contributed by atoms with Gasteiger partial charge in [0.2, 0.25) is 12.3 Å². The average molecular weight is 129 g/mol. The van der Waals surface area contributed by atoms with Crippen LogP contribution in [0.1, 0.15) is 20.8 Å². The highest BCUT2D eigenvalue weighted by atomic mass is 16.2. The molecule has 52 valence electrons. The maximum Gasteiger partial charge on any atom is 0.226 e. The van der Waals surface area contributed by atoms with E-state index in [0.29, 0.717) is 6.41 Å². The number of imide groups is 1. The third kappa shape index (κ3) is 2.26. The van der Waals surface area contributed by atoms with E-state index in [4.69, 9.17) is 0 Å². The standard InChI is InChI=1S/C6H11NO2/c1-5(2)7(4-8)6(3)9/h4-5H,1-3H3. The molecule has 0 unspecified atom stereocenters. The largest absolute Gasteiger partial charge is 0.283 e. The van der Waals surface area contributed by atoms with Crippen LogP contribution in [0.15, 0.2) is 0 Å². The van der Waals surface area contributed by atoms with Gasteiger partial charge in [-0.25, -0.2) is 0 Å². The van der Waals surface area contributed by atoms with Crippen molar-refractivity contribution < 1.29 is 9.59 Å². The minimum atomic E-state index is -0.208. The molecule has 0 aliphatic heterocycles. The van der Waals surface area contributed by atoms with Gasteiger partial charge in [-0.1, -0.05) is 0 Å². The van der Waals surface area contributed by atoms with E-state index in [1.165, 1.54) is 6.92 Å². The van der Waals surface area contributed by atoms with Gasteiger partial charge < -0.3 is 0 Å². The monoisotopic (exact) mass is 129 g/mol. The van der Waals surface area contributed by atoms with Gasteiger partial charge in [0.15, 0.2) is 0 Å². The fourth-order valence-electron chi connectivity index (χ4n) is 0.560. The van der Waals surface area contributed by atoms with Crippen LogP contribution in [0.4, 0.5) is 0 Å². The van der Waals surface area contributed by atoms with Crippen LogP contribution in [0.3, 0.4) is 0 Å². The van der Waals surface area contributed by atoms with E-state index in [1.54, 1.807) is 13.8 Å². The number of hydrogen-bond donors (Lipinski definition) is 0. The maximum atomic E-state index is 10.5. The van der Waals surface area contributed by atoms with Crippen molar-refractivity contribution in [2.75, 3.05) is 0 Å². The van der Waals surface area contributed by atoms with Crippen molar-refractivity contribution in [2.24, 2.45) is 0 Å². The Kier molecular flexibility index (Phi) is 2.91. The molecule has 0 radical (unpaired) electrons. The molecule has 0 rings (SSSR count). The molecular formula is C6H11NO2. The third-order valence-corrected chi connectivity index (χ3v) is 1.03. The van der Waals surface area contributed by atoms with Crippen molar-refractivity contribution >= 4 is 12.3 Å². The number of hydrogen-bond acceptors (Lipinski definition) is 2. The molecule has 0 saturated carbocycles. The van der Waals surface area contributed by atoms with Gasteiger partial charge in [-0.2, -0.15) is 0 Å². The molecule has 3 heteroatoms. The van der Waals surface area contributed by atoms with Gasteiger partial charge in [0.1, 0.15) is 0 Å². The summed E-state index contributed by atoms with van der Waals surface area (Å²) < 4.78 is 0. The zero-order valence-corrected chi connectivity index (χ0v) is 5.92. The molecular weight excluding hydrogens is 118 g/mol. The Bertz CT molecular complexity index is 120. The Morgan fingerprint density at radius 3 is 2.00 bits per heavy atom. The third-order valence-electron chi connectivity index (χ3n) is 1.03. The topological polar surface area (TPSA) is 37.4 Å². The summed E-state index contributed by atoms with van der Waals surface area (Å²) >= 11 is 0. The van der Waals surface area contributed by atoms with E-state index in [1.807, 2.05) is 0 Å². The zero-order valence-electron chi connectivity index (χ0n) is 5.92. The lowest BCUT2D eigenvalue weighted by atomic mass is 10.3. The number of rotatable bonds is 2. The summed E-state index contributed by atoms with van der Waals surface area (Å²) in [6.45, 7) is 4.94. The molecule has 0 aromatic heterocycles. The summed E-state index contributed by atoms with van der Waals surface area (Å²) in [4.78, 5) is 21.7. The van der Waals surface area contributed by atoms with Crippen LogP contribution >= 0.6 is 0 Å². The van der Waals surface area contributed by atoms with Crippen LogP contribution in [-0.2, 0) is 9.59 Å². The SMILES string of the molecule is CC(=O)N(C=O)C(C)C. The summed E-state index contributed by atoms with van der Waals surface area (Å²) in [5.74, 6) is -0.208. The maximum absolute atomic E-state index is 10.5. The molecule has 0 spiro atoms. The van der Waals surface area contributed by atoms with Crippen molar-refractivity contribution in [3.63, 3.8) is 0 Å². The predicted octanol–water partition coefficient (Wildman–Crippen LogP) is 0.400. The highest BCUT2D eigenvalue weighted by molar-refractivity contribution is 5.84. The van der Waals surface area contributed by atoms with E-state index >= 15 is 0 Å². The second-order valence-electron chi connectivity index (χ2n) is 2.13. The van der Waals surface area contributed by atoms with Crippen molar-refractivity contribution in [3.05, 3.63) is 0 Å². The molecule has 0 aliphatic rings. The van der Waals surface area contributed by atoms with Crippen LogP contribution in [0.2, 0.25) is 0 Å². The van der Waals surface area contributed by atoms with E-state index in [0.717, 1.165) is 4.90 Å². The van der Waals surface area contributed by atoms with Crippen molar-refractivity contribution in [1.82, 2.24) is 4.90 Å². The van der Waals surface area contributed by atoms with Gasteiger partial charge in [0.05, 0.1) is 0 Å². The van der Waals surface area contributed by atoms with Gasteiger partial charge in [0, 0.05) is 13.0 Å². The van der Waals surface area contributed by atoms with Crippen molar-refractivity contribution in [1.29, 1.82) is 0 Å². The van der Waals surface area contributed by atoms with E-state index in [2.05, 4.69) is 0 Å². The minimum Gasteiger partial charge on any atom is -0.283 e. The zero-order chi connectivity index (χ0) is 7.44. The summed E-state index contributed by atoms with van der Waals surface area (Å²) in [7, 11) is 0. The summed E-state index contributed by atoms with van der Waals surface area (Å²) in [5, 5.41) is 0. The molecule has 9 heavy (non-hydrogen) atoms. The Morgan fingerprint density at radius 2 is 2.00 bits per heavy atom. The number of carbonyl (C=O) groups excluding carboxylic acids is 2. The first-order chi connectivity index (χ1) is 4.09. The molecule has 3 nitrogen and oxygen atoms in total. The number of nitrogens with zero attached hydrogens (tertiary/aromatic N) is 1. The highest BCUT2D eigenvalue weighted by Crippen LogP contribution is 1.92. The molecule has 0 heterocycles. The Morgan fingerprint density at radius 1 is 1.56 bits per heavy atom. The van der Waals surface area contributed by atoms with Crippen molar-refractivity contribution in [2.45, 2.75) is 26.8 Å². The molecule has 0 fully saturated rings. The minimum absolute atomic E-state index is 0.0278. The van der Waals surface area contributed by atoms with Gasteiger partial charge in [-0.15, -0.1) is 0 Å². The van der Waals surface area contributed by atoms with Gasteiger partial charge >= 0.3 is 0 Å². The predicted molar refractivity (Wildman–Crippen MR) is 33.7 cm³/mol. The summed E-state index contributed by atoms with van der Waals surface area (Å²) in [6, 6.07) is -0.0278. The molecule has 0 aromatic rings. The summed E-state index contributed by atoms with van der Waals surface area (Å²) in [5.41, 5.74) is 0. The molecule has 0 bridgehead atoms. The lowest BCUT2D eigenvalue weighted by molar-refractivity contribution is -0.138. The first-order valence-corrected chi connectivity index (χ1v) is 2.83. The number of carbonyl (C=O) groups is 2. The van der Waals surface area contributed by atoms with Gasteiger partial charge in [0.25, 0.3) is 0 Å². The molecule has 0 atom stereocenters. The molecule has 0 N–H and O–H groups in total. The molecule has 0 saturated heterocycles. The smallest absolute Gasteiger partial charge is 0.226 e. The second kappa shape index (κ2) is 3.22. The van der Waals surface area contributed by atoms with E-state index < -0.39 is 0 Å². The highest BCUT2D eigenvalue weighted by Gasteiger charge is 2.09. The Hall–Kier alpha value is -0.860.